The first-order valence-corrected chi connectivity index (χ1v) is 7.39. The summed E-state index contributed by atoms with van der Waals surface area (Å²) in [7, 11) is -3.07. The first-order chi connectivity index (χ1) is 7.51. The molecule has 4 heteroatoms. The monoisotopic (exact) mass is 241 g/mol. The summed E-state index contributed by atoms with van der Waals surface area (Å²) in [6.07, 6.45) is 3.08. The molecule has 0 bridgehead atoms. The van der Waals surface area contributed by atoms with Crippen molar-refractivity contribution in [2.45, 2.75) is 19.8 Å². The van der Waals surface area contributed by atoms with Crippen LogP contribution in [0.5, 0.6) is 0 Å². The maximum absolute atomic E-state index is 11.0. The molecular weight excluding hydrogens is 222 g/mol. The van der Waals surface area contributed by atoms with Crippen LogP contribution in [0, 0.1) is 5.92 Å². The summed E-state index contributed by atoms with van der Waals surface area (Å²) in [5, 5.41) is 0. The Bertz CT molecular complexity index is 400. The van der Waals surface area contributed by atoms with Crippen LogP contribution in [0.3, 0.4) is 0 Å². The van der Waals surface area contributed by atoms with E-state index in [0.717, 1.165) is 12.8 Å². The van der Waals surface area contributed by atoms with Crippen molar-refractivity contribution < 1.29 is 8.42 Å². The lowest BCUT2D eigenvalue weighted by molar-refractivity contribution is 0.491. The number of benzene rings is 1. The SMILES string of the molecule is CC[C@@H](CNS(C)(=O)=O)Cc1ccccc1. The highest BCUT2D eigenvalue weighted by Crippen LogP contribution is 2.11. The van der Waals surface area contributed by atoms with E-state index >= 15 is 0 Å². The average molecular weight is 241 g/mol. The molecule has 0 unspecified atom stereocenters. The quantitative estimate of drug-likeness (QED) is 0.825. The van der Waals surface area contributed by atoms with Gasteiger partial charge in [-0.3, -0.25) is 0 Å². The lowest BCUT2D eigenvalue weighted by atomic mass is 9.97. The van der Waals surface area contributed by atoms with Crippen LogP contribution in [0.2, 0.25) is 0 Å². The topological polar surface area (TPSA) is 46.2 Å². The summed E-state index contributed by atoms with van der Waals surface area (Å²) < 4.78 is 24.6. The third-order valence-corrected chi connectivity index (χ3v) is 3.27. The Labute approximate surface area is 97.9 Å². The molecule has 0 aliphatic carbocycles. The molecule has 0 saturated carbocycles. The predicted octanol–water partition coefficient (Wildman–Crippen LogP) is 1.80. The molecule has 1 aromatic carbocycles. The van der Waals surface area contributed by atoms with Crippen LogP contribution >= 0.6 is 0 Å². The fourth-order valence-electron chi connectivity index (χ4n) is 1.58. The van der Waals surface area contributed by atoms with Crippen LogP contribution in [0.15, 0.2) is 30.3 Å². The summed E-state index contributed by atoms with van der Waals surface area (Å²) >= 11 is 0. The molecule has 1 atom stereocenters. The third kappa shape index (κ3) is 5.28. The highest BCUT2D eigenvalue weighted by molar-refractivity contribution is 7.88. The molecule has 16 heavy (non-hydrogen) atoms. The zero-order valence-corrected chi connectivity index (χ0v) is 10.6. The van der Waals surface area contributed by atoms with Gasteiger partial charge in [-0.15, -0.1) is 0 Å². The number of hydrogen-bond donors (Lipinski definition) is 1. The second-order valence-corrected chi connectivity index (χ2v) is 5.92. The fourth-order valence-corrected chi connectivity index (χ4v) is 2.12. The van der Waals surface area contributed by atoms with Crippen molar-refractivity contribution >= 4 is 10.0 Å². The number of sulfonamides is 1. The van der Waals surface area contributed by atoms with Gasteiger partial charge < -0.3 is 0 Å². The summed E-state index contributed by atoms with van der Waals surface area (Å²) in [4.78, 5) is 0. The summed E-state index contributed by atoms with van der Waals surface area (Å²) in [6, 6.07) is 10.1. The van der Waals surface area contributed by atoms with Crippen molar-refractivity contribution in [2.24, 2.45) is 5.92 Å². The Morgan fingerprint density at radius 1 is 1.25 bits per heavy atom. The van der Waals surface area contributed by atoms with Crippen molar-refractivity contribution in [3.8, 4) is 0 Å². The molecule has 0 aliphatic rings. The van der Waals surface area contributed by atoms with Crippen LogP contribution in [0.4, 0.5) is 0 Å². The minimum Gasteiger partial charge on any atom is -0.215 e. The van der Waals surface area contributed by atoms with Crippen LogP contribution in [0.25, 0.3) is 0 Å². The van der Waals surface area contributed by atoms with Gasteiger partial charge in [0.1, 0.15) is 0 Å². The highest BCUT2D eigenvalue weighted by atomic mass is 32.2. The normalized spacial score (nSPS) is 13.6. The van der Waals surface area contributed by atoms with E-state index in [1.54, 1.807) is 0 Å². The van der Waals surface area contributed by atoms with Crippen molar-refractivity contribution in [3.05, 3.63) is 35.9 Å². The largest absolute Gasteiger partial charge is 0.215 e. The van der Waals surface area contributed by atoms with Gasteiger partial charge in [0.05, 0.1) is 6.26 Å². The Morgan fingerprint density at radius 2 is 1.88 bits per heavy atom. The van der Waals surface area contributed by atoms with Gasteiger partial charge in [-0.2, -0.15) is 0 Å². The molecule has 90 valence electrons. The molecule has 1 N–H and O–H groups in total. The van der Waals surface area contributed by atoms with E-state index in [0.29, 0.717) is 12.5 Å². The third-order valence-electron chi connectivity index (χ3n) is 2.58. The number of nitrogens with one attached hydrogen (secondary N) is 1. The molecule has 0 saturated heterocycles. The molecule has 1 rings (SSSR count). The Kier molecular flexibility index (Phi) is 4.96. The van der Waals surface area contributed by atoms with E-state index in [1.807, 2.05) is 18.2 Å². The van der Waals surface area contributed by atoms with Crippen molar-refractivity contribution in [1.29, 1.82) is 0 Å². The molecule has 0 radical (unpaired) electrons. The molecule has 0 spiro atoms. The van der Waals surface area contributed by atoms with Gasteiger partial charge in [-0.25, -0.2) is 13.1 Å². The van der Waals surface area contributed by atoms with Crippen LogP contribution in [0.1, 0.15) is 18.9 Å². The van der Waals surface area contributed by atoms with Gasteiger partial charge in [0, 0.05) is 6.54 Å². The van der Waals surface area contributed by atoms with Gasteiger partial charge in [-0.1, -0.05) is 43.7 Å². The number of rotatable bonds is 6. The van der Waals surface area contributed by atoms with Gasteiger partial charge in [0.15, 0.2) is 0 Å². The molecular formula is C12H19NO2S. The minimum atomic E-state index is -3.07. The zero-order chi connectivity index (χ0) is 12.0. The van der Waals surface area contributed by atoms with E-state index in [9.17, 15) is 8.42 Å². The van der Waals surface area contributed by atoms with Crippen molar-refractivity contribution in [1.82, 2.24) is 4.72 Å². The molecule has 0 fully saturated rings. The number of hydrogen-bond acceptors (Lipinski definition) is 2. The standard InChI is InChI=1S/C12H19NO2S/c1-3-11(10-13-16(2,14)15)9-12-7-5-4-6-8-12/h4-8,11,13H,3,9-10H2,1-2H3/t11-/m1/s1. The van der Waals surface area contributed by atoms with Crippen molar-refractivity contribution in [3.63, 3.8) is 0 Å². The molecule has 0 amide bonds. The van der Waals surface area contributed by atoms with Crippen LogP contribution in [-0.4, -0.2) is 21.2 Å². The van der Waals surface area contributed by atoms with Crippen LogP contribution in [-0.2, 0) is 16.4 Å². The lowest BCUT2D eigenvalue weighted by Gasteiger charge is -2.14. The molecule has 0 aliphatic heterocycles. The van der Waals surface area contributed by atoms with E-state index in [1.165, 1.54) is 11.8 Å². The maximum Gasteiger partial charge on any atom is 0.208 e. The highest BCUT2D eigenvalue weighted by Gasteiger charge is 2.10. The predicted molar refractivity (Wildman–Crippen MR) is 66.8 cm³/mol. The zero-order valence-electron chi connectivity index (χ0n) is 9.81. The summed E-state index contributed by atoms with van der Waals surface area (Å²) in [5.41, 5.74) is 1.25. The van der Waals surface area contributed by atoms with Gasteiger partial charge in [0.25, 0.3) is 0 Å². The van der Waals surface area contributed by atoms with E-state index < -0.39 is 10.0 Å². The van der Waals surface area contributed by atoms with Crippen molar-refractivity contribution in [2.75, 3.05) is 12.8 Å². The maximum atomic E-state index is 11.0. The minimum absolute atomic E-state index is 0.358. The van der Waals surface area contributed by atoms with Crippen LogP contribution < -0.4 is 4.72 Å². The lowest BCUT2D eigenvalue weighted by Crippen LogP contribution is -2.29. The molecule has 1 aromatic rings. The second-order valence-electron chi connectivity index (χ2n) is 4.08. The smallest absolute Gasteiger partial charge is 0.208 e. The average Bonchev–Trinajstić information content (AvgIpc) is 2.24. The molecule has 3 nitrogen and oxygen atoms in total. The second kappa shape index (κ2) is 6.01. The summed E-state index contributed by atoms with van der Waals surface area (Å²) in [6.45, 7) is 2.60. The first kappa shape index (κ1) is 13.2. The van der Waals surface area contributed by atoms with Gasteiger partial charge in [-0.05, 0) is 17.9 Å². The fraction of sp³-hybridized carbons (Fsp3) is 0.500. The van der Waals surface area contributed by atoms with Gasteiger partial charge >= 0.3 is 0 Å². The Morgan fingerprint density at radius 3 is 2.38 bits per heavy atom. The first-order valence-electron chi connectivity index (χ1n) is 5.50. The van der Waals surface area contributed by atoms with Gasteiger partial charge in [0.2, 0.25) is 10.0 Å². The van der Waals surface area contributed by atoms with E-state index in [2.05, 4.69) is 23.8 Å². The Hall–Kier alpha value is -0.870. The molecule has 0 aromatic heterocycles. The van der Waals surface area contributed by atoms with E-state index in [4.69, 9.17) is 0 Å². The van der Waals surface area contributed by atoms with E-state index in [-0.39, 0.29) is 0 Å². The Balaban J connectivity index is 2.50. The summed E-state index contributed by atoms with van der Waals surface area (Å²) in [5.74, 6) is 0.358. The molecule has 0 heterocycles.